The molecule has 0 N–H and O–H groups in total. The maximum absolute atomic E-state index is 6.09. The highest BCUT2D eigenvalue weighted by Gasteiger charge is 2.17. The monoisotopic (exact) mass is 310 g/mol. The van der Waals surface area contributed by atoms with E-state index in [9.17, 15) is 0 Å². The molecule has 4 heteroatoms. The van der Waals surface area contributed by atoms with Crippen molar-refractivity contribution in [2.75, 3.05) is 6.61 Å². The minimum absolute atomic E-state index is 0.124. The van der Waals surface area contributed by atoms with Gasteiger partial charge in [-0.05, 0) is 48.3 Å². The molecular weight excluding hydrogens is 299 g/mol. The van der Waals surface area contributed by atoms with Crippen LogP contribution in [0, 0.1) is 6.92 Å². The highest BCUT2D eigenvalue weighted by molar-refractivity contribution is 9.10. The normalized spacial score (nSPS) is 12.7. The molecule has 0 fully saturated rings. The number of benzene rings is 1. The first-order valence-electron chi connectivity index (χ1n) is 4.74. The maximum atomic E-state index is 6.09. The average molecular weight is 312 g/mol. The van der Waals surface area contributed by atoms with Gasteiger partial charge in [-0.3, -0.25) is 0 Å². The van der Waals surface area contributed by atoms with Crippen LogP contribution in [-0.4, -0.2) is 6.61 Å². The van der Waals surface area contributed by atoms with Crippen molar-refractivity contribution in [1.29, 1.82) is 0 Å². The molecule has 0 amide bonds. The van der Waals surface area contributed by atoms with Crippen molar-refractivity contribution in [3.63, 3.8) is 0 Å². The van der Waals surface area contributed by atoms with Crippen LogP contribution < -0.4 is 4.74 Å². The van der Waals surface area contributed by atoms with Crippen molar-refractivity contribution in [3.8, 4) is 5.75 Å². The Bertz CT molecular complexity index is 364. The third kappa shape index (κ3) is 2.80. The van der Waals surface area contributed by atoms with Gasteiger partial charge in [-0.25, -0.2) is 0 Å². The van der Waals surface area contributed by atoms with Crippen LogP contribution in [0.25, 0.3) is 0 Å². The molecule has 1 nitrogen and oxygen atoms in total. The molecule has 0 bridgehead atoms. The zero-order chi connectivity index (χ0) is 11.6. The summed E-state index contributed by atoms with van der Waals surface area (Å²) in [4.78, 5) is 0. The van der Waals surface area contributed by atoms with Crippen LogP contribution in [0.15, 0.2) is 10.5 Å². The molecule has 1 rings (SSSR count). The second kappa shape index (κ2) is 5.42. The summed E-state index contributed by atoms with van der Waals surface area (Å²) in [7, 11) is 0. The molecular formula is C11H13BrCl2O. The molecule has 1 aromatic rings. The molecule has 1 unspecified atom stereocenters. The summed E-state index contributed by atoms with van der Waals surface area (Å²) >= 11 is 15.7. The van der Waals surface area contributed by atoms with Crippen LogP contribution >= 0.6 is 39.1 Å². The van der Waals surface area contributed by atoms with Gasteiger partial charge >= 0.3 is 0 Å². The summed E-state index contributed by atoms with van der Waals surface area (Å²) < 4.78 is 6.46. The Kier molecular flexibility index (Phi) is 4.75. The van der Waals surface area contributed by atoms with Crippen LogP contribution in [0.5, 0.6) is 5.75 Å². The van der Waals surface area contributed by atoms with Crippen LogP contribution in [0.3, 0.4) is 0 Å². The summed E-state index contributed by atoms with van der Waals surface area (Å²) in [5, 5.41) is 0.578. The number of alkyl halides is 1. The Labute approximate surface area is 109 Å². The largest absolute Gasteiger partial charge is 0.492 e. The first-order valence-corrected chi connectivity index (χ1v) is 6.35. The summed E-state index contributed by atoms with van der Waals surface area (Å²) in [5.74, 6) is 0.793. The Morgan fingerprint density at radius 3 is 2.60 bits per heavy atom. The third-order valence-electron chi connectivity index (χ3n) is 2.15. The minimum atomic E-state index is -0.124. The van der Waals surface area contributed by atoms with Gasteiger partial charge in [0, 0.05) is 10.6 Å². The van der Waals surface area contributed by atoms with Gasteiger partial charge in [0.05, 0.1) is 16.5 Å². The SMILES string of the molecule is CCOc1c(C(C)Cl)cc(Cl)c(C)c1Br. The van der Waals surface area contributed by atoms with Gasteiger partial charge in [0.2, 0.25) is 0 Å². The standard InChI is InChI=1S/C11H13BrCl2O/c1-4-15-11-8(7(3)13)5-9(14)6(2)10(11)12/h5,7H,4H2,1-3H3. The number of rotatable bonds is 3. The lowest BCUT2D eigenvalue weighted by molar-refractivity contribution is 0.334. The number of hydrogen-bond acceptors (Lipinski definition) is 1. The molecule has 15 heavy (non-hydrogen) atoms. The van der Waals surface area contributed by atoms with E-state index in [1.54, 1.807) is 0 Å². The van der Waals surface area contributed by atoms with E-state index in [-0.39, 0.29) is 5.38 Å². The first kappa shape index (κ1) is 13.1. The Hall–Kier alpha value is 0.0800. The molecule has 0 aliphatic heterocycles. The van der Waals surface area contributed by atoms with E-state index in [1.807, 2.05) is 26.8 Å². The molecule has 0 radical (unpaired) electrons. The zero-order valence-corrected chi connectivity index (χ0v) is 12.0. The van der Waals surface area contributed by atoms with Crippen molar-refractivity contribution >= 4 is 39.1 Å². The van der Waals surface area contributed by atoms with Crippen molar-refractivity contribution in [1.82, 2.24) is 0 Å². The summed E-state index contributed by atoms with van der Waals surface area (Å²) in [6, 6.07) is 1.87. The maximum Gasteiger partial charge on any atom is 0.138 e. The lowest BCUT2D eigenvalue weighted by Crippen LogP contribution is -2.00. The number of halogens is 3. The quantitative estimate of drug-likeness (QED) is 0.705. The van der Waals surface area contributed by atoms with E-state index in [4.69, 9.17) is 27.9 Å². The average Bonchev–Trinajstić information content (AvgIpc) is 2.18. The van der Waals surface area contributed by atoms with Crippen LogP contribution in [-0.2, 0) is 0 Å². The molecule has 0 heterocycles. The van der Waals surface area contributed by atoms with E-state index in [1.165, 1.54) is 0 Å². The van der Waals surface area contributed by atoms with Gasteiger partial charge in [0.1, 0.15) is 5.75 Å². The molecule has 0 spiro atoms. The van der Waals surface area contributed by atoms with Gasteiger partial charge in [0.15, 0.2) is 0 Å². The van der Waals surface area contributed by atoms with Crippen molar-refractivity contribution in [3.05, 3.63) is 26.7 Å². The fraction of sp³-hybridized carbons (Fsp3) is 0.455. The van der Waals surface area contributed by atoms with E-state index in [0.717, 1.165) is 21.3 Å². The molecule has 0 aliphatic carbocycles. The topological polar surface area (TPSA) is 9.23 Å². The summed E-state index contributed by atoms with van der Waals surface area (Å²) in [5.41, 5.74) is 1.89. The van der Waals surface area contributed by atoms with Crippen molar-refractivity contribution in [2.24, 2.45) is 0 Å². The Morgan fingerprint density at radius 2 is 2.13 bits per heavy atom. The number of ether oxygens (including phenoxy) is 1. The van der Waals surface area contributed by atoms with Gasteiger partial charge in [-0.2, -0.15) is 0 Å². The van der Waals surface area contributed by atoms with E-state index < -0.39 is 0 Å². The lowest BCUT2D eigenvalue weighted by Gasteiger charge is -2.16. The van der Waals surface area contributed by atoms with Crippen LogP contribution in [0.2, 0.25) is 5.02 Å². The van der Waals surface area contributed by atoms with Crippen molar-refractivity contribution < 1.29 is 4.74 Å². The predicted molar refractivity (Wildman–Crippen MR) is 69.3 cm³/mol. The van der Waals surface area contributed by atoms with Crippen LogP contribution in [0.4, 0.5) is 0 Å². The Balaban J connectivity index is 3.36. The molecule has 0 aliphatic rings. The fourth-order valence-electron chi connectivity index (χ4n) is 1.30. The van der Waals surface area contributed by atoms with Crippen LogP contribution in [0.1, 0.15) is 30.4 Å². The Morgan fingerprint density at radius 1 is 1.53 bits per heavy atom. The van der Waals surface area contributed by atoms with Crippen molar-refractivity contribution in [2.45, 2.75) is 26.1 Å². The predicted octanol–water partition coefficient (Wildman–Crippen LogP) is 5.11. The van der Waals surface area contributed by atoms with Gasteiger partial charge in [-0.1, -0.05) is 11.6 Å². The summed E-state index contributed by atoms with van der Waals surface area (Å²) in [6.45, 7) is 6.39. The highest BCUT2D eigenvalue weighted by atomic mass is 79.9. The third-order valence-corrected chi connectivity index (χ3v) is 3.73. The lowest BCUT2D eigenvalue weighted by atomic mass is 10.1. The fourth-order valence-corrected chi connectivity index (χ4v) is 2.34. The molecule has 0 aromatic heterocycles. The second-order valence-electron chi connectivity index (χ2n) is 3.26. The first-order chi connectivity index (χ1) is 6.99. The van der Waals surface area contributed by atoms with Gasteiger partial charge in [-0.15, -0.1) is 11.6 Å². The molecule has 0 saturated heterocycles. The second-order valence-corrected chi connectivity index (χ2v) is 5.12. The smallest absolute Gasteiger partial charge is 0.138 e. The van der Waals surface area contributed by atoms with Gasteiger partial charge < -0.3 is 4.74 Å². The zero-order valence-electron chi connectivity index (χ0n) is 8.90. The van der Waals surface area contributed by atoms with E-state index in [0.29, 0.717) is 11.6 Å². The molecule has 84 valence electrons. The summed E-state index contributed by atoms with van der Waals surface area (Å²) in [6.07, 6.45) is 0. The minimum Gasteiger partial charge on any atom is -0.492 e. The van der Waals surface area contributed by atoms with E-state index in [2.05, 4.69) is 15.9 Å². The van der Waals surface area contributed by atoms with Gasteiger partial charge in [0.25, 0.3) is 0 Å². The highest BCUT2D eigenvalue weighted by Crippen LogP contribution is 2.41. The number of hydrogen-bond donors (Lipinski definition) is 0. The molecule has 1 atom stereocenters. The molecule has 0 saturated carbocycles. The molecule has 1 aromatic carbocycles. The van der Waals surface area contributed by atoms with E-state index >= 15 is 0 Å².